The monoisotopic (exact) mass is 319 g/mol. The number of hydrogen-bond donors (Lipinski definition) is 2. The van der Waals surface area contributed by atoms with E-state index in [-0.39, 0.29) is 11.8 Å². The Hall–Kier alpha value is -1.88. The average Bonchev–Trinajstić information content (AvgIpc) is 2.51. The van der Waals surface area contributed by atoms with Gasteiger partial charge in [0.05, 0.1) is 19.6 Å². The van der Waals surface area contributed by atoms with Gasteiger partial charge in [0.2, 0.25) is 0 Å². The summed E-state index contributed by atoms with van der Waals surface area (Å²) in [5, 5.41) is 12.3. The summed E-state index contributed by atoms with van der Waals surface area (Å²) in [6, 6.07) is 5.94. The number of quaternary nitrogens is 1. The number of benzene rings is 1. The lowest BCUT2D eigenvalue weighted by atomic mass is 9.95. The summed E-state index contributed by atoms with van der Waals surface area (Å²) in [6.45, 7) is 8.54. The number of anilines is 1. The quantitative estimate of drug-likeness (QED) is 0.820. The first-order valence-corrected chi connectivity index (χ1v) is 8.31. The van der Waals surface area contributed by atoms with Crippen molar-refractivity contribution in [2.45, 2.75) is 33.6 Å². The zero-order chi connectivity index (χ0) is 17.0. The number of amides is 1. The minimum Gasteiger partial charge on any atom is -0.481 e. The Morgan fingerprint density at radius 1 is 1.30 bits per heavy atom. The van der Waals surface area contributed by atoms with Crippen LogP contribution in [0.15, 0.2) is 18.2 Å². The fourth-order valence-corrected chi connectivity index (χ4v) is 3.56. The van der Waals surface area contributed by atoms with E-state index < -0.39 is 5.97 Å². The minimum absolute atomic E-state index is 0.0321. The van der Waals surface area contributed by atoms with Gasteiger partial charge in [0.15, 0.2) is 6.54 Å². The maximum Gasteiger partial charge on any atom is 0.312 e. The Morgan fingerprint density at radius 3 is 2.52 bits per heavy atom. The van der Waals surface area contributed by atoms with E-state index in [1.54, 1.807) is 0 Å². The van der Waals surface area contributed by atoms with Gasteiger partial charge in [-0.05, 0) is 44.7 Å². The lowest BCUT2D eigenvalue weighted by molar-refractivity contribution is -0.925. The van der Waals surface area contributed by atoms with Crippen LogP contribution in [0.4, 0.5) is 5.69 Å². The van der Waals surface area contributed by atoms with E-state index in [2.05, 4.69) is 5.32 Å². The van der Waals surface area contributed by atoms with Crippen LogP contribution >= 0.6 is 0 Å². The highest BCUT2D eigenvalue weighted by Gasteiger charge is 2.38. The van der Waals surface area contributed by atoms with E-state index in [4.69, 9.17) is 0 Å². The molecular formula is C18H27N2O3+. The summed E-state index contributed by atoms with van der Waals surface area (Å²) in [6.07, 6.45) is 1.58. The lowest BCUT2D eigenvalue weighted by Gasteiger charge is -2.42. The molecule has 126 valence electrons. The Balaban J connectivity index is 2.09. The van der Waals surface area contributed by atoms with Crippen LogP contribution in [-0.4, -0.2) is 47.6 Å². The van der Waals surface area contributed by atoms with Crippen LogP contribution in [-0.2, 0) is 9.59 Å². The third kappa shape index (κ3) is 4.10. The number of aliphatic carboxylic acids is 1. The van der Waals surface area contributed by atoms with E-state index in [1.165, 1.54) is 0 Å². The van der Waals surface area contributed by atoms with Crippen molar-refractivity contribution in [1.29, 1.82) is 0 Å². The smallest absolute Gasteiger partial charge is 0.312 e. The number of rotatable bonds is 5. The molecule has 0 radical (unpaired) electrons. The highest BCUT2D eigenvalue weighted by molar-refractivity contribution is 5.93. The SMILES string of the molecule is CC[N+]1(CC(=O)Nc2c(C)cccc2C)CCCC(C(=O)O)C1. The summed E-state index contributed by atoms with van der Waals surface area (Å²) in [4.78, 5) is 23.9. The van der Waals surface area contributed by atoms with E-state index in [9.17, 15) is 14.7 Å². The van der Waals surface area contributed by atoms with E-state index in [0.717, 1.165) is 36.3 Å². The first-order chi connectivity index (χ1) is 10.9. The molecule has 1 fully saturated rings. The second-order valence-electron chi connectivity index (χ2n) is 6.71. The molecule has 0 aromatic heterocycles. The van der Waals surface area contributed by atoms with Gasteiger partial charge in [0.25, 0.3) is 5.91 Å². The van der Waals surface area contributed by atoms with Gasteiger partial charge in [-0.15, -0.1) is 0 Å². The third-order valence-corrected chi connectivity index (χ3v) is 5.04. The van der Waals surface area contributed by atoms with Gasteiger partial charge >= 0.3 is 5.97 Å². The molecule has 1 aromatic carbocycles. The van der Waals surface area contributed by atoms with Crippen molar-refractivity contribution in [2.24, 2.45) is 5.92 Å². The number of nitrogens with one attached hydrogen (secondary N) is 1. The predicted octanol–water partition coefficient (Wildman–Crippen LogP) is 2.57. The summed E-state index contributed by atoms with van der Waals surface area (Å²) in [5.74, 6) is -1.11. The normalized spacial score (nSPS) is 24.2. The summed E-state index contributed by atoms with van der Waals surface area (Å²) in [5.41, 5.74) is 2.96. The largest absolute Gasteiger partial charge is 0.481 e. The molecule has 0 saturated carbocycles. The minimum atomic E-state index is -0.740. The van der Waals surface area contributed by atoms with Crippen molar-refractivity contribution in [3.63, 3.8) is 0 Å². The molecule has 5 nitrogen and oxygen atoms in total. The van der Waals surface area contributed by atoms with Crippen molar-refractivity contribution < 1.29 is 19.2 Å². The number of piperidine rings is 1. The Kier molecular flexibility index (Phi) is 5.42. The van der Waals surface area contributed by atoms with Crippen LogP contribution in [0.5, 0.6) is 0 Å². The highest BCUT2D eigenvalue weighted by atomic mass is 16.4. The molecule has 2 rings (SSSR count). The Bertz CT molecular complexity index is 580. The van der Waals surface area contributed by atoms with Crippen LogP contribution < -0.4 is 5.32 Å². The lowest BCUT2D eigenvalue weighted by Crippen LogP contribution is -2.58. The number of nitrogens with zero attached hydrogens (tertiary/aromatic N) is 1. The summed E-state index contributed by atoms with van der Waals surface area (Å²) >= 11 is 0. The molecule has 0 spiro atoms. The maximum atomic E-state index is 12.6. The van der Waals surface area contributed by atoms with Crippen LogP contribution in [0.25, 0.3) is 0 Å². The van der Waals surface area contributed by atoms with Crippen LogP contribution in [0.3, 0.4) is 0 Å². The molecule has 5 heteroatoms. The Labute approximate surface area is 137 Å². The molecule has 1 aliphatic rings. The van der Waals surface area contributed by atoms with Crippen molar-refractivity contribution in [1.82, 2.24) is 0 Å². The fourth-order valence-electron chi connectivity index (χ4n) is 3.56. The van der Waals surface area contributed by atoms with E-state index >= 15 is 0 Å². The maximum absolute atomic E-state index is 12.6. The van der Waals surface area contributed by atoms with Gasteiger partial charge in [-0.1, -0.05) is 18.2 Å². The molecule has 1 saturated heterocycles. The number of carboxylic acid groups (broad SMARTS) is 1. The molecular weight excluding hydrogens is 292 g/mol. The van der Waals surface area contributed by atoms with Gasteiger partial charge in [0, 0.05) is 5.69 Å². The van der Waals surface area contributed by atoms with E-state index in [0.29, 0.717) is 24.0 Å². The third-order valence-electron chi connectivity index (χ3n) is 5.04. The molecule has 23 heavy (non-hydrogen) atoms. The van der Waals surface area contributed by atoms with Crippen molar-refractivity contribution >= 4 is 17.6 Å². The average molecular weight is 319 g/mol. The van der Waals surface area contributed by atoms with Crippen LogP contribution in [0, 0.1) is 19.8 Å². The molecule has 2 unspecified atom stereocenters. The van der Waals surface area contributed by atoms with E-state index in [1.807, 2.05) is 39.0 Å². The van der Waals surface area contributed by atoms with Gasteiger partial charge in [-0.2, -0.15) is 0 Å². The van der Waals surface area contributed by atoms with Crippen LogP contribution in [0.1, 0.15) is 30.9 Å². The number of para-hydroxylation sites is 1. The molecule has 1 aromatic rings. The topological polar surface area (TPSA) is 66.4 Å². The van der Waals surface area contributed by atoms with Crippen molar-refractivity contribution in [3.05, 3.63) is 29.3 Å². The molecule has 1 heterocycles. The van der Waals surface area contributed by atoms with Crippen LogP contribution in [0.2, 0.25) is 0 Å². The number of likely N-dealkylation sites (tertiary alicyclic amines) is 1. The molecule has 2 atom stereocenters. The fraction of sp³-hybridized carbons (Fsp3) is 0.556. The highest BCUT2D eigenvalue weighted by Crippen LogP contribution is 2.25. The zero-order valence-corrected chi connectivity index (χ0v) is 14.3. The number of aryl methyl sites for hydroxylation is 2. The number of carbonyl (C=O) groups excluding carboxylic acids is 1. The first kappa shape index (κ1) is 17.5. The van der Waals surface area contributed by atoms with Gasteiger partial charge in [-0.3, -0.25) is 9.59 Å². The standard InChI is InChI=1S/C18H26N2O3/c1-4-20(10-6-9-15(11-20)18(22)23)12-16(21)19-17-13(2)7-5-8-14(17)3/h5,7-8,15H,4,6,9-12H2,1-3H3,(H-,19,21,22,23)/p+1. The number of likely N-dealkylation sites (N-methyl/N-ethyl adjacent to an activating group) is 1. The molecule has 1 aliphatic heterocycles. The van der Waals surface area contributed by atoms with Crippen molar-refractivity contribution in [2.75, 3.05) is 31.5 Å². The number of carbonyl (C=O) groups is 2. The number of hydrogen-bond acceptors (Lipinski definition) is 2. The molecule has 0 aliphatic carbocycles. The second-order valence-corrected chi connectivity index (χ2v) is 6.71. The van der Waals surface area contributed by atoms with Gasteiger partial charge in [-0.25, -0.2) is 0 Å². The van der Waals surface area contributed by atoms with Gasteiger partial charge < -0.3 is 14.9 Å². The summed E-state index contributed by atoms with van der Waals surface area (Å²) < 4.78 is 0.563. The molecule has 0 bridgehead atoms. The first-order valence-electron chi connectivity index (χ1n) is 8.31. The zero-order valence-electron chi connectivity index (χ0n) is 14.3. The Morgan fingerprint density at radius 2 is 1.96 bits per heavy atom. The predicted molar refractivity (Wildman–Crippen MR) is 90.3 cm³/mol. The molecule has 1 amide bonds. The second kappa shape index (κ2) is 7.13. The van der Waals surface area contributed by atoms with Crippen molar-refractivity contribution in [3.8, 4) is 0 Å². The van der Waals surface area contributed by atoms with Gasteiger partial charge in [0.1, 0.15) is 5.92 Å². The summed E-state index contributed by atoms with van der Waals surface area (Å²) in [7, 11) is 0. The number of carboxylic acids is 1. The molecule has 2 N–H and O–H groups in total.